The van der Waals surface area contributed by atoms with Crippen molar-refractivity contribution in [2.45, 2.75) is 13.8 Å². The van der Waals surface area contributed by atoms with Gasteiger partial charge in [0.2, 0.25) is 0 Å². The van der Waals surface area contributed by atoms with Gasteiger partial charge in [0.25, 0.3) is 0 Å². The molecular formula is C7H13N2O2+. The van der Waals surface area contributed by atoms with Gasteiger partial charge in [-0.3, -0.25) is 5.41 Å². The number of allylic oxidation sites excluding steroid dienone is 1. The summed E-state index contributed by atoms with van der Waals surface area (Å²) in [5.74, 6) is -1.19. The molecule has 0 saturated carbocycles. The van der Waals surface area contributed by atoms with Gasteiger partial charge >= 0.3 is 5.97 Å². The number of carboxylic acids is 1. The van der Waals surface area contributed by atoms with Crippen LogP contribution in [0, 0.1) is 5.41 Å². The molecule has 0 bridgehead atoms. The molecule has 0 heterocycles. The van der Waals surface area contributed by atoms with Crippen LogP contribution in [-0.2, 0) is 4.79 Å². The Balaban J connectivity index is 4.08. The standard InChI is InChI=1S/C7H12N2O2/c1-3-9-5(2)4-6(8)7(10)11/h4,8-9H,3H2,1-2H3,(H,10,11)/p+1. The molecule has 0 aromatic carbocycles. The maximum atomic E-state index is 10.2. The largest absolute Gasteiger partial charge is 0.477 e. The van der Waals surface area contributed by atoms with Crippen LogP contribution in [-0.4, -0.2) is 23.3 Å². The van der Waals surface area contributed by atoms with Crippen molar-refractivity contribution >= 4 is 11.7 Å². The molecule has 0 aliphatic carbocycles. The second-order valence-corrected chi connectivity index (χ2v) is 2.22. The van der Waals surface area contributed by atoms with E-state index in [0.717, 1.165) is 12.2 Å². The van der Waals surface area contributed by atoms with Gasteiger partial charge < -0.3 is 10.4 Å². The summed E-state index contributed by atoms with van der Waals surface area (Å²) in [5, 5.41) is 17.1. The molecule has 0 aromatic heterocycles. The normalized spacial score (nSPS) is 11.3. The predicted octanol–water partition coefficient (Wildman–Crippen LogP) is -0.422. The summed E-state index contributed by atoms with van der Waals surface area (Å²) in [5.41, 5.74) is 0.451. The number of quaternary nitrogens is 1. The number of hydrogen-bond donors (Lipinski definition) is 3. The predicted molar refractivity (Wildman–Crippen MR) is 41.6 cm³/mol. The fraction of sp³-hybridized carbons (Fsp3) is 0.429. The van der Waals surface area contributed by atoms with Gasteiger partial charge in [0.1, 0.15) is 11.4 Å². The van der Waals surface area contributed by atoms with Crippen molar-refractivity contribution in [2.24, 2.45) is 0 Å². The number of nitrogens with one attached hydrogen (secondary N) is 1. The van der Waals surface area contributed by atoms with Crippen molar-refractivity contribution in [3.63, 3.8) is 0 Å². The zero-order chi connectivity index (χ0) is 8.85. The Bertz CT molecular complexity index is 197. The van der Waals surface area contributed by atoms with Crippen molar-refractivity contribution in [3.8, 4) is 0 Å². The van der Waals surface area contributed by atoms with E-state index in [1.807, 2.05) is 12.2 Å². The summed E-state index contributed by atoms with van der Waals surface area (Å²) < 4.78 is 0. The van der Waals surface area contributed by atoms with E-state index in [-0.39, 0.29) is 5.71 Å². The van der Waals surface area contributed by atoms with Crippen LogP contribution in [0.1, 0.15) is 13.8 Å². The molecule has 0 spiro atoms. The maximum absolute atomic E-state index is 10.2. The van der Waals surface area contributed by atoms with E-state index < -0.39 is 5.97 Å². The van der Waals surface area contributed by atoms with Gasteiger partial charge in [0.05, 0.1) is 6.54 Å². The Morgan fingerprint density at radius 3 is 2.64 bits per heavy atom. The molecule has 0 radical (unpaired) electrons. The second-order valence-electron chi connectivity index (χ2n) is 2.22. The Labute approximate surface area is 65.4 Å². The van der Waals surface area contributed by atoms with Crippen molar-refractivity contribution < 1.29 is 15.2 Å². The van der Waals surface area contributed by atoms with Crippen LogP contribution < -0.4 is 5.32 Å². The Hall–Kier alpha value is -1.16. The lowest BCUT2D eigenvalue weighted by molar-refractivity contribution is -0.602. The average Bonchev–Trinajstić information content (AvgIpc) is 1.87. The fourth-order valence-corrected chi connectivity index (χ4v) is 0.670. The minimum absolute atomic E-state index is 0.368. The van der Waals surface area contributed by atoms with Crippen LogP contribution in [0.3, 0.4) is 0 Å². The van der Waals surface area contributed by atoms with Crippen molar-refractivity contribution in [1.82, 2.24) is 0 Å². The molecule has 0 saturated heterocycles. The first-order chi connectivity index (χ1) is 5.07. The highest BCUT2D eigenvalue weighted by atomic mass is 16.4. The third-order valence-electron chi connectivity index (χ3n) is 1.13. The summed E-state index contributed by atoms with van der Waals surface area (Å²) in [6, 6.07) is 0. The summed E-state index contributed by atoms with van der Waals surface area (Å²) in [4.78, 5) is 10.2. The number of rotatable bonds is 4. The van der Waals surface area contributed by atoms with Crippen molar-refractivity contribution in [3.05, 3.63) is 11.8 Å². The molecule has 0 rings (SSSR count). The number of carbonyl (C=O) groups is 1. The summed E-state index contributed by atoms with van der Waals surface area (Å²) in [7, 11) is 0. The van der Waals surface area contributed by atoms with Gasteiger partial charge in [-0.05, 0) is 6.92 Å². The van der Waals surface area contributed by atoms with E-state index in [1.54, 1.807) is 6.92 Å². The van der Waals surface area contributed by atoms with E-state index >= 15 is 0 Å². The third kappa shape index (κ3) is 4.27. The molecule has 0 aliphatic rings. The molecule has 4 heteroatoms. The average molecular weight is 157 g/mol. The molecule has 4 nitrogen and oxygen atoms in total. The molecule has 0 fully saturated rings. The van der Waals surface area contributed by atoms with Gasteiger partial charge in [-0.1, -0.05) is 0 Å². The molecule has 0 amide bonds. The maximum Gasteiger partial charge on any atom is 0.353 e. The Kier molecular flexibility index (Phi) is 4.14. The van der Waals surface area contributed by atoms with E-state index in [0.29, 0.717) is 0 Å². The lowest BCUT2D eigenvalue weighted by atomic mass is 10.3. The first-order valence-corrected chi connectivity index (χ1v) is 3.41. The topological polar surface area (TPSA) is 77.8 Å². The quantitative estimate of drug-likeness (QED) is 0.484. The van der Waals surface area contributed by atoms with Crippen LogP contribution in [0.2, 0.25) is 0 Å². The lowest BCUT2D eigenvalue weighted by Gasteiger charge is -1.94. The molecule has 0 unspecified atom stereocenters. The summed E-state index contributed by atoms with van der Waals surface area (Å²) in [6.07, 6.45) is 1.34. The molecule has 4 N–H and O–H groups in total. The number of hydrogen-bond acceptors (Lipinski definition) is 2. The zero-order valence-electron chi connectivity index (χ0n) is 6.72. The summed E-state index contributed by atoms with van der Waals surface area (Å²) in [6.45, 7) is 4.60. The van der Waals surface area contributed by atoms with Crippen LogP contribution >= 0.6 is 0 Å². The highest BCUT2D eigenvalue weighted by molar-refractivity contribution is 6.39. The SMILES string of the molecule is CC[NH2+]C(C)=CC(=N)C(=O)O. The molecule has 0 aromatic rings. The van der Waals surface area contributed by atoms with Crippen LogP contribution in [0.5, 0.6) is 0 Å². The van der Waals surface area contributed by atoms with Gasteiger partial charge in [0, 0.05) is 13.0 Å². The monoisotopic (exact) mass is 157 g/mol. The van der Waals surface area contributed by atoms with Gasteiger partial charge in [-0.25, -0.2) is 4.79 Å². The number of carboxylic acid groups (broad SMARTS) is 1. The molecular weight excluding hydrogens is 144 g/mol. The fourth-order valence-electron chi connectivity index (χ4n) is 0.670. The molecule has 0 atom stereocenters. The van der Waals surface area contributed by atoms with Crippen LogP contribution in [0.25, 0.3) is 0 Å². The van der Waals surface area contributed by atoms with Crippen LogP contribution in [0.4, 0.5) is 0 Å². The minimum atomic E-state index is -1.19. The molecule has 62 valence electrons. The van der Waals surface area contributed by atoms with E-state index in [4.69, 9.17) is 10.5 Å². The first-order valence-electron chi connectivity index (χ1n) is 3.41. The van der Waals surface area contributed by atoms with Crippen LogP contribution in [0.15, 0.2) is 11.8 Å². The third-order valence-corrected chi connectivity index (χ3v) is 1.13. The second kappa shape index (κ2) is 4.62. The first kappa shape index (κ1) is 9.84. The minimum Gasteiger partial charge on any atom is -0.477 e. The molecule has 11 heavy (non-hydrogen) atoms. The Morgan fingerprint density at radius 2 is 2.27 bits per heavy atom. The molecule has 0 aliphatic heterocycles. The highest BCUT2D eigenvalue weighted by Crippen LogP contribution is 1.81. The van der Waals surface area contributed by atoms with Gasteiger partial charge in [-0.2, -0.15) is 0 Å². The van der Waals surface area contributed by atoms with E-state index in [9.17, 15) is 4.79 Å². The smallest absolute Gasteiger partial charge is 0.353 e. The van der Waals surface area contributed by atoms with Gasteiger partial charge in [0.15, 0.2) is 0 Å². The van der Waals surface area contributed by atoms with Crippen molar-refractivity contribution in [1.29, 1.82) is 5.41 Å². The van der Waals surface area contributed by atoms with E-state index in [2.05, 4.69) is 0 Å². The zero-order valence-corrected chi connectivity index (χ0v) is 6.72. The number of aliphatic carboxylic acids is 1. The van der Waals surface area contributed by atoms with E-state index in [1.165, 1.54) is 6.08 Å². The summed E-state index contributed by atoms with van der Waals surface area (Å²) >= 11 is 0. The lowest BCUT2D eigenvalue weighted by Crippen LogP contribution is -2.81. The van der Waals surface area contributed by atoms with Gasteiger partial charge in [-0.15, -0.1) is 0 Å². The Morgan fingerprint density at radius 1 is 1.73 bits per heavy atom. The number of nitrogens with two attached hydrogens (primary N) is 1. The highest BCUT2D eigenvalue weighted by Gasteiger charge is 2.03. The van der Waals surface area contributed by atoms with Crippen molar-refractivity contribution in [2.75, 3.05) is 6.54 Å².